The lowest BCUT2D eigenvalue weighted by Gasteiger charge is -2.12. The van der Waals surface area contributed by atoms with Crippen molar-refractivity contribution in [2.24, 2.45) is 0 Å². The fourth-order valence-corrected chi connectivity index (χ4v) is 4.19. The number of benzene rings is 2. The van der Waals surface area contributed by atoms with Crippen molar-refractivity contribution in [1.82, 2.24) is 0 Å². The first kappa shape index (κ1) is 24.6. The van der Waals surface area contributed by atoms with Gasteiger partial charge in [-0.15, -0.1) is 11.3 Å². The van der Waals surface area contributed by atoms with Crippen molar-refractivity contribution in [3.8, 4) is 0 Å². The van der Waals surface area contributed by atoms with Crippen LogP contribution in [0, 0.1) is 0 Å². The topological polar surface area (TPSA) is 99.1 Å². The number of aliphatic hydroxyl groups excluding tert-OH is 1. The van der Waals surface area contributed by atoms with Gasteiger partial charge >= 0.3 is 11.9 Å². The molecule has 0 saturated carbocycles. The van der Waals surface area contributed by atoms with Crippen molar-refractivity contribution in [3.05, 3.63) is 70.9 Å². The molecule has 1 atom stereocenters. The number of unbranched alkanes of at least 4 members (excludes halogenated alkanes) is 1. The van der Waals surface area contributed by atoms with E-state index in [9.17, 15) is 19.5 Å². The Balaban J connectivity index is 1.42. The minimum atomic E-state index is -0.769. The zero-order valence-electron chi connectivity index (χ0n) is 18.2. The van der Waals surface area contributed by atoms with E-state index in [0.717, 1.165) is 15.5 Å². The third-order valence-corrected chi connectivity index (χ3v) is 6.05. The highest BCUT2D eigenvalue weighted by atomic mass is 32.1. The lowest BCUT2D eigenvalue weighted by atomic mass is 10.1. The first-order valence-electron chi connectivity index (χ1n) is 10.7. The van der Waals surface area contributed by atoms with Crippen LogP contribution in [0.2, 0.25) is 0 Å². The van der Waals surface area contributed by atoms with Crippen LogP contribution >= 0.6 is 11.3 Å². The van der Waals surface area contributed by atoms with E-state index < -0.39 is 18.0 Å². The van der Waals surface area contributed by atoms with Gasteiger partial charge in [-0.3, -0.25) is 4.79 Å². The number of esters is 2. The first-order chi connectivity index (χ1) is 16.0. The van der Waals surface area contributed by atoms with E-state index in [1.54, 1.807) is 24.3 Å². The summed E-state index contributed by atoms with van der Waals surface area (Å²) in [4.78, 5) is 36.1. The van der Waals surface area contributed by atoms with Crippen LogP contribution in [0.5, 0.6) is 0 Å². The van der Waals surface area contributed by atoms with Crippen LogP contribution in [-0.2, 0) is 19.0 Å². The van der Waals surface area contributed by atoms with Gasteiger partial charge in [-0.25, -0.2) is 9.59 Å². The zero-order valence-corrected chi connectivity index (χ0v) is 19.0. The monoisotopic (exact) mass is 470 g/mol. The Morgan fingerprint density at radius 2 is 1.76 bits per heavy atom. The quantitative estimate of drug-likeness (QED) is 0.186. The molecule has 7 nitrogen and oxygen atoms in total. The maximum atomic E-state index is 12.8. The van der Waals surface area contributed by atoms with Crippen molar-refractivity contribution < 1.29 is 28.9 Å². The molecule has 0 bridgehead atoms. The molecule has 2 aromatic carbocycles. The van der Waals surface area contributed by atoms with Crippen LogP contribution in [0.15, 0.2) is 59.9 Å². The second kappa shape index (κ2) is 12.2. The molecule has 8 heteroatoms. The Morgan fingerprint density at radius 3 is 2.58 bits per heavy atom. The number of hydrogen-bond acceptors (Lipinski definition) is 8. The second-order valence-corrected chi connectivity index (χ2v) is 8.45. The predicted octanol–water partition coefficient (Wildman–Crippen LogP) is 3.85. The highest BCUT2D eigenvalue weighted by Crippen LogP contribution is 2.25. The van der Waals surface area contributed by atoms with Crippen molar-refractivity contribution >= 4 is 43.4 Å². The summed E-state index contributed by atoms with van der Waals surface area (Å²) in [6.45, 7) is 4.19. The number of aliphatic hydroxyl groups is 1. The third kappa shape index (κ3) is 6.95. The largest absolute Gasteiger partial charge is 0.463 e. The van der Waals surface area contributed by atoms with Crippen LogP contribution in [0.25, 0.3) is 20.2 Å². The Kier molecular flexibility index (Phi) is 9.12. The molecule has 3 aromatic rings. The minimum Gasteiger partial charge on any atom is -0.463 e. The first-order valence-corrected chi connectivity index (χ1v) is 11.5. The molecule has 0 aliphatic heterocycles. The summed E-state index contributed by atoms with van der Waals surface area (Å²) >= 11 is 1.50. The van der Waals surface area contributed by atoms with E-state index >= 15 is 0 Å². The molecule has 1 heterocycles. The molecule has 1 aromatic heterocycles. The summed E-state index contributed by atoms with van der Waals surface area (Å²) in [5.74, 6) is -0.997. The molecule has 0 saturated heterocycles. The fourth-order valence-electron chi connectivity index (χ4n) is 3.14. The number of carbonyl (C=O) groups excluding carboxylic acids is 2. The highest BCUT2D eigenvalue weighted by Gasteiger charge is 2.13. The number of ether oxygens (including phenoxy) is 3. The van der Waals surface area contributed by atoms with Gasteiger partial charge in [0.1, 0.15) is 0 Å². The van der Waals surface area contributed by atoms with E-state index in [0.29, 0.717) is 42.4 Å². The number of carbonyl (C=O) groups is 2. The van der Waals surface area contributed by atoms with Crippen molar-refractivity contribution in [2.45, 2.75) is 25.4 Å². The predicted molar refractivity (Wildman–Crippen MR) is 128 cm³/mol. The van der Waals surface area contributed by atoms with Crippen LogP contribution in [0.1, 0.15) is 29.6 Å². The van der Waals surface area contributed by atoms with Crippen LogP contribution < -0.4 is 5.43 Å². The summed E-state index contributed by atoms with van der Waals surface area (Å²) in [6.07, 6.45) is 1.92. The van der Waals surface area contributed by atoms with E-state index in [1.165, 1.54) is 11.3 Å². The smallest absolute Gasteiger partial charge is 0.338 e. The lowest BCUT2D eigenvalue weighted by Crippen LogP contribution is -2.19. The molecule has 0 aliphatic rings. The SMILES string of the molecule is C=CC(=O)OCCCCOCC(O)CCOC(=O)c1ccc2sc3ccccc3c(=O)c2c1. The minimum absolute atomic E-state index is 0.0312. The number of fused-ring (bicyclic) bond motifs is 2. The van der Waals surface area contributed by atoms with Gasteiger partial charge in [0, 0.05) is 39.3 Å². The average Bonchev–Trinajstić information content (AvgIpc) is 2.83. The normalized spacial score (nSPS) is 11.9. The van der Waals surface area contributed by atoms with Gasteiger partial charge in [0.25, 0.3) is 0 Å². The summed E-state index contributed by atoms with van der Waals surface area (Å²) in [7, 11) is 0. The second-order valence-electron chi connectivity index (χ2n) is 7.37. The standard InChI is InChI=1S/C25H26O7S/c1-2-23(27)31-13-6-5-12-30-16-18(26)11-14-32-25(29)17-9-10-22-20(15-17)24(28)19-7-3-4-8-21(19)33-22/h2-4,7-10,15,18,26H,1,5-6,11-14,16H2. The van der Waals surface area contributed by atoms with Gasteiger partial charge in [-0.05, 0) is 43.2 Å². The summed E-state index contributed by atoms with van der Waals surface area (Å²) in [5, 5.41) is 11.1. The number of hydrogen-bond donors (Lipinski definition) is 1. The molecule has 0 spiro atoms. The molecule has 1 unspecified atom stereocenters. The Hall–Kier alpha value is -3.07. The molecule has 1 N–H and O–H groups in total. The molecular weight excluding hydrogens is 444 g/mol. The van der Waals surface area contributed by atoms with Crippen molar-refractivity contribution in [3.63, 3.8) is 0 Å². The van der Waals surface area contributed by atoms with E-state index in [2.05, 4.69) is 6.58 Å². The molecule has 0 amide bonds. The maximum Gasteiger partial charge on any atom is 0.338 e. The Labute approximate surface area is 195 Å². The van der Waals surface area contributed by atoms with Crippen molar-refractivity contribution in [1.29, 1.82) is 0 Å². The van der Waals surface area contributed by atoms with Gasteiger partial charge in [0.15, 0.2) is 5.43 Å². The number of rotatable bonds is 12. The lowest BCUT2D eigenvalue weighted by molar-refractivity contribution is -0.137. The van der Waals surface area contributed by atoms with Crippen molar-refractivity contribution in [2.75, 3.05) is 26.4 Å². The third-order valence-electron chi connectivity index (χ3n) is 4.90. The molecule has 33 heavy (non-hydrogen) atoms. The molecule has 0 radical (unpaired) electrons. The average molecular weight is 471 g/mol. The zero-order chi connectivity index (χ0) is 23.6. The fraction of sp³-hybridized carbons (Fsp3) is 0.320. The molecule has 0 aliphatic carbocycles. The van der Waals surface area contributed by atoms with Crippen LogP contribution in [0.3, 0.4) is 0 Å². The van der Waals surface area contributed by atoms with Crippen LogP contribution in [-0.4, -0.2) is 49.6 Å². The molecule has 0 fully saturated rings. The van der Waals surface area contributed by atoms with E-state index in [1.807, 2.05) is 18.2 Å². The van der Waals surface area contributed by atoms with Gasteiger partial charge in [-0.1, -0.05) is 18.7 Å². The Bertz CT molecular complexity index is 1180. The molecular formula is C25H26O7S. The summed E-state index contributed by atoms with van der Waals surface area (Å²) in [5.41, 5.74) is 0.186. The molecule has 3 rings (SSSR count). The summed E-state index contributed by atoms with van der Waals surface area (Å²) in [6, 6.07) is 12.3. The van der Waals surface area contributed by atoms with Gasteiger partial charge in [0.05, 0.1) is 31.5 Å². The van der Waals surface area contributed by atoms with Crippen LogP contribution in [0.4, 0.5) is 0 Å². The van der Waals surface area contributed by atoms with E-state index in [4.69, 9.17) is 14.2 Å². The Morgan fingerprint density at radius 1 is 1.00 bits per heavy atom. The summed E-state index contributed by atoms with van der Waals surface area (Å²) < 4.78 is 17.2. The molecule has 174 valence electrons. The maximum absolute atomic E-state index is 12.8. The van der Waals surface area contributed by atoms with Gasteiger partial charge < -0.3 is 19.3 Å². The highest BCUT2D eigenvalue weighted by molar-refractivity contribution is 7.24. The van der Waals surface area contributed by atoms with Gasteiger partial charge in [0.2, 0.25) is 0 Å². The van der Waals surface area contributed by atoms with Gasteiger partial charge in [-0.2, -0.15) is 0 Å². The van der Waals surface area contributed by atoms with E-state index in [-0.39, 0.29) is 25.1 Å².